The van der Waals surface area contributed by atoms with Gasteiger partial charge in [0.15, 0.2) is 4.34 Å². The molecule has 0 atom stereocenters. The maximum atomic E-state index is 11.9. The summed E-state index contributed by atoms with van der Waals surface area (Å²) in [6, 6.07) is 7.88. The lowest BCUT2D eigenvalue weighted by atomic mass is 10.1. The maximum absolute atomic E-state index is 11.9. The van der Waals surface area contributed by atoms with Gasteiger partial charge in [-0.1, -0.05) is 42.2 Å². The van der Waals surface area contributed by atoms with E-state index in [1.54, 1.807) is 7.05 Å². The molecule has 20 heavy (non-hydrogen) atoms. The van der Waals surface area contributed by atoms with Crippen LogP contribution in [0.2, 0.25) is 0 Å². The zero-order valence-electron chi connectivity index (χ0n) is 11.3. The van der Waals surface area contributed by atoms with Gasteiger partial charge < -0.3 is 10.6 Å². The predicted octanol–water partition coefficient (Wildman–Crippen LogP) is 2.87. The molecule has 1 amide bonds. The maximum Gasteiger partial charge on any atom is 0.234 e. The first-order valence-corrected chi connectivity index (χ1v) is 8.04. The van der Waals surface area contributed by atoms with Crippen molar-refractivity contribution in [1.82, 2.24) is 10.2 Å². The minimum absolute atomic E-state index is 0.0375. The third-order valence-electron chi connectivity index (χ3n) is 2.57. The van der Waals surface area contributed by atoms with Crippen LogP contribution in [0.3, 0.4) is 0 Å². The zero-order chi connectivity index (χ0) is 14.4. The summed E-state index contributed by atoms with van der Waals surface area (Å²) >= 11 is 2.82. The van der Waals surface area contributed by atoms with E-state index in [9.17, 15) is 4.79 Å². The number of amides is 1. The van der Waals surface area contributed by atoms with E-state index in [4.69, 9.17) is 0 Å². The van der Waals surface area contributed by atoms with Crippen LogP contribution in [0.1, 0.15) is 12.5 Å². The van der Waals surface area contributed by atoms with Crippen molar-refractivity contribution in [2.24, 2.45) is 0 Å². The molecule has 2 rings (SSSR count). The van der Waals surface area contributed by atoms with E-state index in [0.717, 1.165) is 21.6 Å². The van der Waals surface area contributed by atoms with Gasteiger partial charge in [0.25, 0.3) is 0 Å². The predicted molar refractivity (Wildman–Crippen MR) is 84.6 cm³/mol. The molecule has 2 N–H and O–H groups in total. The fourth-order valence-electron chi connectivity index (χ4n) is 1.56. The van der Waals surface area contributed by atoms with Crippen LogP contribution in [0, 0.1) is 0 Å². The van der Waals surface area contributed by atoms with Crippen LogP contribution >= 0.6 is 23.1 Å². The number of rotatable bonds is 6. The Bertz CT molecular complexity index is 585. The van der Waals surface area contributed by atoms with Gasteiger partial charge in [-0.3, -0.25) is 4.79 Å². The standard InChI is InChI=1S/C13H16N4OS2/c1-3-9-5-4-6-10(7-9)15-11(18)8-19-13-17-16-12(14-2)20-13/h4-7H,3,8H2,1-2H3,(H,14,16)(H,15,18). The average Bonchev–Trinajstić information content (AvgIpc) is 2.93. The third-order valence-corrected chi connectivity index (χ3v) is 4.64. The number of thioether (sulfide) groups is 1. The first kappa shape index (κ1) is 14.8. The van der Waals surface area contributed by atoms with E-state index < -0.39 is 0 Å². The molecule has 7 heteroatoms. The summed E-state index contributed by atoms with van der Waals surface area (Å²) in [6.07, 6.45) is 0.954. The van der Waals surface area contributed by atoms with Crippen LogP contribution in [0.5, 0.6) is 0 Å². The Hall–Kier alpha value is -1.60. The van der Waals surface area contributed by atoms with E-state index in [-0.39, 0.29) is 5.91 Å². The SMILES string of the molecule is CCc1cccc(NC(=O)CSc2nnc(NC)s2)c1. The second kappa shape index (κ2) is 7.25. The Kier molecular flexibility index (Phi) is 5.37. The van der Waals surface area contributed by atoms with E-state index in [2.05, 4.69) is 27.8 Å². The minimum Gasteiger partial charge on any atom is -0.363 e. The van der Waals surface area contributed by atoms with Crippen LogP contribution in [-0.2, 0) is 11.2 Å². The molecule has 0 aliphatic carbocycles. The first-order valence-electron chi connectivity index (χ1n) is 6.24. The van der Waals surface area contributed by atoms with Crippen molar-refractivity contribution in [2.75, 3.05) is 23.4 Å². The number of benzene rings is 1. The van der Waals surface area contributed by atoms with Crippen molar-refractivity contribution in [1.29, 1.82) is 0 Å². The molecule has 0 bridgehead atoms. The van der Waals surface area contributed by atoms with Gasteiger partial charge in [0, 0.05) is 12.7 Å². The summed E-state index contributed by atoms with van der Waals surface area (Å²) in [5.41, 5.74) is 2.04. The number of aryl methyl sites for hydroxylation is 1. The third kappa shape index (κ3) is 4.21. The molecule has 106 valence electrons. The molecule has 5 nitrogen and oxygen atoms in total. The molecular weight excluding hydrogens is 292 g/mol. The zero-order valence-corrected chi connectivity index (χ0v) is 13.0. The van der Waals surface area contributed by atoms with E-state index >= 15 is 0 Å². The van der Waals surface area contributed by atoms with Gasteiger partial charge in [0.1, 0.15) is 0 Å². The fraction of sp³-hybridized carbons (Fsp3) is 0.308. The number of aromatic nitrogens is 2. The molecular formula is C13H16N4OS2. The molecule has 1 heterocycles. The average molecular weight is 308 g/mol. The normalized spacial score (nSPS) is 10.3. The lowest BCUT2D eigenvalue weighted by molar-refractivity contribution is -0.113. The highest BCUT2D eigenvalue weighted by Crippen LogP contribution is 2.25. The van der Waals surface area contributed by atoms with Crippen molar-refractivity contribution in [3.63, 3.8) is 0 Å². The van der Waals surface area contributed by atoms with Crippen LogP contribution < -0.4 is 10.6 Å². The summed E-state index contributed by atoms with van der Waals surface area (Å²) in [5, 5.41) is 14.5. The summed E-state index contributed by atoms with van der Waals surface area (Å²) in [4.78, 5) is 11.9. The van der Waals surface area contributed by atoms with Gasteiger partial charge in [-0.2, -0.15) is 0 Å². The van der Waals surface area contributed by atoms with Crippen molar-refractivity contribution in [3.8, 4) is 0 Å². The molecule has 0 saturated heterocycles. The van der Waals surface area contributed by atoms with Crippen molar-refractivity contribution in [3.05, 3.63) is 29.8 Å². The Labute approximate surface area is 126 Å². The van der Waals surface area contributed by atoms with E-state index in [1.165, 1.54) is 28.7 Å². The van der Waals surface area contributed by atoms with Gasteiger partial charge in [-0.15, -0.1) is 10.2 Å². The minimum atomic E-state index is -0.0375. The fourth-order valence-corrected chi connectivity index (χ4v) is 3.07. The Balaban J connectivity index is 1.85. The summed E-state index contributed by atoms with van der Waals surface area (Å²) < 4.78 is 0.784. The molecule has 0 aliphatic rings. The molecule has 0 fully saturated rings. The van der Waals surface area contributed by atoms with Crippen LogP contribution in [0.25, 0.3) is 0 Å². The quantitative estimate of drug-likeness (QED) is 0.803. The lowest BCUT2D eigenvalue weighted by Crippen LogP contribution is -2.14. The van der Waals surface area contributed by atoms with Crippen LogP contribution in [0.15, 0.2) is 28.6 Å². The van der Waals surface area contributed by atoms with Crippen molar-refractivity contribution >= 4 is 39.8 Å². The number of anilines is 2. The van der Waals surface area contributed by atoms with Crippen LogP contribution in [-0.4, -0.2) is 28.9 Å². The lowest BCUT2D eigenvalue weighted by Gasteiger charge is -2.05. The second-order valence-corrected chi connectivity index (χ2v) is 6.21. The summed E-state index contributed by atoms with van der Waals surface area (Å²) in [5.74, 6) is 0.291. The monoisotopic (exact) mass is 308 g/mol. The van der Waals surface area contributed by atoms with Gasteiger partial charge in [-0.25, -0.2) is 0 Å². The highest BCUT2D eigenvalue weighted by Gasteiger charge is 2.08. The Morgan fingerprint density at radius 2 is 2.25 bits per heavy atom. The highest BCUT2D eigenvalue weighted by atomic mass is 32.2. The second-order valence-electron chi connectivity index (χ2n) is 4.01. The molecule has 1 aromatic carbocycles. The number of nitrogens with one attached hydrogen (secondary N) is 2. The van der Waals surface area contributed by atoms with E-state index in [0.29, 0.717) is 5.75 Å². The largest absolute Gasteiger partial charge is 0.363 e. The van der Waals surface area contributed by atoms with Crippen molar-refractivity contribution < 1.29 is 4.79 Å². The molecule has 0 unspecified atom stereocenters. The Morgan fingerprint density at radius 1 is 1.40 bits per heavy atom. The first-order chi connectivity index (χ1) is 9.71. The van der Waals surface area contributed by atoms with Gasteiger partial charge in [0.2, 0.25) is 11.0 Å². The van der Waals surface area contributed by atoms with Crippen LogP contribution in [0.4, 0.5) is 10.8 Å². The summed E-state index contributed by atoms with van der Waals surface area (Å²) in [6.45, 7) is 2.09. The molecule has 0 radical (unpaired) electrons. The Morgan fingerprint density at radius 3 is 2.95 bits per heavy atom. The number of nitrogens with zero attached hydrogens (tertiary/aromatic N) is 2. The van der Waals surface area contributed by atoms with Gasteiger partial charge in [-0.05, 0) is 24.1 Å². The molecule has 0 aliphatic heterocycles. The number of carbonyl (C=O) groups is 1. The summed E-state index contributed by atoms with van der Waals surface area (Å²) in [7, 11) is 1.79. The molecule has 1 aromatic heterocycles. The van der Waals surface area contributed by atoms with Gasteiger partial charge in [0.05, 0.1) is 5.75 Å². The van der Waals surface area contributed by atoms with Gasteiger partial charge >= 0.3 is 0 Å². The van der Waals surface area contributed by atoms with Crippen molar-refractivity contribution in [2.45, 2.75) is 17.7 Å². The number of carbonyl (C=O) groups excluding carboxylic acids is 1. The molecule has 0 spiro atoms. The molecule has 0 saturated carbocycles. The topological polar surface area (TPSA) is 66.9 Å². The number of hydrogen-bond acceptors (Lipinski definition) is 6. The van der Waals surface area contributed by atoms with E-state index in [1.807, 2.05) is 24.3 Å². The highest BCUT2D eigenvalue weighted by molar-refractivity contribution is 8.01. The molecule has 2 aromatic rings. The smallest absolute Gasteiger partial charge is 0.234 e. The number of hydrogen-bond donors (Lipinski definition) is 2.